The lowest BCUT2D eigenvalue weighted by Crippen LogP contribution is -2.49. The zero-order valence-electron chi connectivity index (χ0n) is 34.8. The van der Waals surface area contributed by atoms with Gasteiger partial charge < -0.3 is 14.9 Å². The van der Waals surface area contributed by atoms with Gasteiger partial charge in [-0.2, -0.15) is 0 Å². The van der Waals surface area contributed by atoms with Gasteiger partial charge in [0.15, 0.2) is 5.82 Å². The number of benzene rings is 4. The van der Waals surface area contributed by atoms with E-state index in [0.717, 1.165) is 81.0 Å². The van der Waals surface area contributed by atoms with Crippen LogP contribution in [-0.4, -0.2) is 76.3 Å². The second-order valence-corrected chi connectivity index (χ2v) is 18.5. The smallest absolute Gasteiger partial charge is 0.162 e. The summed E-state index contributed by atoms with van der Waals surface area (Å²) in [5.41, 5.74) is 12.8. The molecule has 3 atom stereocenters. The molecule has 302 valence electrons. The van der Waals surface area contributed by atoms with Crippen LogP contribution in [0.15, 0.2) is 102 Å². The van der Waals surface area contributed by atoms with E-state index in [1.807, 2.05) is 30.4 Å². The standard InChI is InChI=1S/C50H55N7OS/c1-32-34(3)59-50-46(32)48(51-33(2)49-53-52-35(4)57(49)50)39-12-17-42(18-13-39)56-28-26-54(27-29-56)31-36-22-24-55(25-23-36)41-15-10-38(11-16-41)47-44(37-8-6-5-7-9-37)20-14-40-30-43(58)19-21-45(40)47/h5-13,15-19,21,30,33,36,44,47,58H,14,20,22-29,31H2,1-4H3/t33-,44+,47-/m0/s1. The third-order valence-electron chi connectivity index (χ3n) is 13.8. The summed E-state index contributed by atoms with van der Waals surface area (Å²) in [5, 5.41) is 20.4. The zero-order chi connectivity index (χ0) is 40.2. The van der Waals surface area contributed by atoms with Crippen molar-refractivity contribution in [2.45, 2.75) is 71.3 Å². The van der Waals surface area contributed by atoms with Crippen molar-refractivity contribution >= 4 is 28.4 Å². The summed E-state index contributed by atoms with van der Waals surface area (Å²) >= 11 is 1.81. The first-order valence-electron chi connectivity index (χ1n) is 21.7. The van der Waals surface area contributed by atoms with Crippen molar-refractivity contribution in [1.29, 1.82) is 0 Å². The van der Waals surface area contributed by atoms with Crippen LogP contribution in [0.2, 0.25) is 0 Å². The number of rotatable bonds is 7. The van der Waals surface area contributed by atoms with Gasteiger partial charge in [-0.3, -0.25) is 14.5 Å². The van der Waals surface area contributed by atoms with Crippen molar-refractivity contribution in [3.63, 3.8) is 0 Å². The molecule has 59 heavy (non-hydrogen) atoms. The first-order chi connectivity index (χ1) is 28.8. The van der Waals surface area contributed by atoms with Crippen molar-refractivity contribution in [3.05, 3.63) is 153 Å². The molecule has 8 nitrogen and oxygen atoms in total. The van der Waals surface area contributed by atoms with Crippen LogP contribution in [0.25, 0.3) is 5.00 Å². The molecule has 10 rings (SSSR count). The van der Waals surface area contributed by atoms with Gasteiger partial charge in [-0.1, -0.05) is 60.7 Å². The summed E-state index contributed by atoms with van der Waals surface area (Å²) < 4.78 is 2.21. The highest BCUT2D eigenvalue weighted by atomic mass is 32.1. The van der Waals surface area contributed by atoms with Gasteiger partial charge in [0, 0.05) is 79.1 Å². The Balaban J connectivity index is 0.747. The predicted octanol–water partition coefficient (Wildman–Crippen LogP) is 9.77. The number of piperidine rings is 1. The number of nitrogens with zero attached hydrogens (tertiary/aromatic N) is 7. The molecule has 2 fully saturated rings. The number of piperazine rings is 1. The molecular weight excluding hydrogens is 747 g/mol. The average molecular weight is 802 g/mol. The van der Waals surface area contributed by atoms with Gasteiger partial charge >= 0.3 is 0 Å². The van der Waals surface area contributed by atoms with E-state index in [-0.39, 0.29) is 12.0 Å². The van der Waals surface area contributed by atoms with Gasteiger partial charge in [0.1, 0.15) is 22.6 Å². The number of fused-ring (bicyclic) bond motifs is 4. The number of hydrogen-bond acceptors (Lipinski definition) is 8. The Morgan fingerprint density at radius 2 is 1.42 bits per heavy atom. The normalized spacial score (nSPS) is 21.1. The molecule has 0 radical (unpaired) electrons. The third-order valence-corrected chi connectivity index (χ3v) is 15.0. The summed E-state index contributed by atoms with van der Waals surface area (Å²) in [4.78, 5) is 14.4. The minimum Gasteiger partial charge on any atom is -0.508 e. The molecule has 6 aromatic rings. The number of aromatic hydroxyl groups is 1. The second-order valence-electron chi connectivity index (χ2n) is 17.3. The Morgan fingerprint density at radius 1 is 0.729 bits per heavy atom. The fourth-order valence-corrected chi connectivity index (χ4v) is 11.6. The van der Waals surface area contributed by atoms with E-state index in [0.29, 0.717) is 11.7 Å². The van der Waals surface area contributed by atoms with Gasteiger partial charge in [0.05, 0.1) is 5.71 Å². The van der Waals surface area contributed by atoms with E-state index in [1.165, 1.54) is 74.0 Å². The molecule has 0 unspecified atom stereocenters. The van der Waals surface area contributed by atoms with E-state index < -0.39 is 0 Å². The van der Waals surface area contributed by atoms with Gasteiger partial charge in [-0.05, 0) is 129 Å². The number of thiophene rings is 1. The minimum absolute atomic E-state index is 0.0748. The van der Waals surface area contributed by atoms with E-state index in [1.54, 1.807) is 0 Å². The van der Waals surface area contributed by atoms with Crippen LogP contribution in [-0.2, 0) is 6.42 Å². The number of aryl methyl sites for hydroxylation is 3. The van der Waals surface area contributed by atoms with Crippen LogP contribution >= 0.6 is 11.3 Å². The Kier molecular flexibility index (Phi) is 10.1. The van der Waals surface area contributed by atoms with Crippen molar-refractivity contribution in [2.24, 2.45) is 10.9 Å². The average Bonchev–Trinajstić information content (AvgIpc) is 3.76. The molecule has 4 aromatic carbocycles. The van der Waals surface area contributed by atoms with Crippen LogP contribution in [0.3, 0.4) is 0 Å². The summed E-state index contributed by atoms with van der Waals surface area (Å²) in [6.07, 6.45) is 4.56. The van der Waals surface area contributed by atoms with Crippen LogP contribution in [0, 0.1) is 26.7 Å². The monoisotopic (exact) mass is 801 g/mol. The topological polar surface area (TPSA) is 73.0 Å². The fraction of sp³-hybridized carbons (Fsp3) is 0.380. The molecule has 2 saturated heterocycles. The van der Waals surface area contributed by atoms with E-state index in [2.05, 4.69) is 135 Å². The molecule has 5 heterocycles. The number of anilines is 2. The van der Waals surface area contributed by atoms with Crippen LogP contribution in [0.1, 0.15) is 99.5 Å². The summed E-state index contributed by atoms with van der Waals surface area (Å²) in [6.45, 7) is 16.3. The summed E-state index contributed by atoms with van der Waals surface area (Å²) in [6, 6.07) is 35.5. The maximum atomic E-state index is 10.3. The highest BCUT2D eigenvalue weighted by molar-refractivity contribution is 7.15. The largest absolute Gasteiger partial charge is 0.508 e. The number of phenols is 1. The van der Waals surface area contributed by atoms with Crippen LogP contribution < -0.4 is 9.80 Å². The Labute approximate surface area is 352 Å². The van der Waals surface area contributed by atoms with E-state index in [9.17, 15) is 5.11 Å². The Hall–Kier alpha value is -5.25. The lowest BCUT2D eigenvalue weighted by Gasteiger charge is -2.40. The lowest BCUT2D eigenvalue weighted by molar-refractivity contribution is 0.201. The quantitative estimate of drug-likeness (QED) is 0.173. The summed E-state index contributed by atoms with van der Waals surface area (Å²) in [5.74, 6) is 3.64. The first-order valence-corrected chi connectivity index (χ1v) is 22.5. The van der Waals surface area contributed by atoms with Gasteiger partial charge in [0.2, 0.25) is 0 Å². The molecule has 4 aliphatic rings. The highest BCUT2D eigenvalue weighted by Gasteiger charge is 2.33. The maximum Gasteiger partial charge on any atom is 0.162 e. The van der Waals surface area contributed by atoms with E-state index in [4.69, 9.17) is 4.99 Å². The molecular formula is C50H55N7OS. The van der Waals surface area contributed by atoms with Gasteiger partial charge in [-0.25, -0.2) is 0 Å². The molecule has 1 N–H and O–H groups in total. The number of aromatic nitrogens is 3. The molecule has 2 aromatic heterocycles. The number of phenolic OH excluding ortho intramolecular Hbond substituents is 1. The maximum absolute atomic E-state index is 10.3. The molecule has 1 aliphatic carbocycles. The van der Waals surface area contributed by atoms with Gasteiger partial charge in [0.25, 0.3) is 0 Å². The molecule has 0 bridgehead atoms. The SMILES string of the molecule is Cc1sc2c(c1C)C(c1ccc(N3CCN(CC4CCN(c5ccc([C@@H]6c7ccc(O)cc7CC[C@@H]6c6ccccc6)cc5)CC4)CC3)cc1)=N[C@@H](C)c1nnc(C)n1-2. The fourth-order valence-electron chi connectivity index (χ4n) is 10.4. The Bertz CT molecular complexity index is 2470. The molecule has 0 amide bonds. The predicted molar refractivity (Wildman–Crippen MR) is 241 cm³/mol. The third kappa shape index (κ3) is 7.16. The zero-order valence-corrected chi connectivity index (χ0v) is 35.6. The molecule has 9 heteroatoms. The minimum atomic E-state index is -0.0748. The number of hydrogen-bond donors (Lipinski definition) is 1. The van der Waals surface area contributed by atoms with Crippen molar-refractivity contribution in [2.75, 3.05) is 55.6 Å². The summed E-state index contributed by atoms with van der Waals surface area (Å²) in [7, 11) is 0. The molecule has 3 aliphatic heterocycles. The molecule has 0 spiro atoms. The van der Waals surface area contributed by atoms with E-state index >= 15 is 0 Å². The highest BCUT2D eigenvalue weighted by Crippen LogP contribution is 2.47. The van der Waals surface area contributed by atoms with Crippen molar-refractivity contribution in [3.8, 4) is 10.8 Å². The first kappa shape index (κ1) is 38.0. The second kappa shape index (κ2) is 15.7. The van der Waals surface area contributed by atoms with Crippen LogP contribution in [0.5, 0.6) is 5.75 Å². The van der Waals surface area contributed by atoms with Crippen LogP contribution in [0.4, 0.5) is 11.4 Å². The van der Waals surface area contributed by atoms with Crippen molar-refractivity contribution in [1.82, 2.24) is 19.7 Å². The lowest BCUT2D eigenvalue weighted by atomic mass is 9.69. The Morgan fingerprint density at radius 3 is 2.15 bits per heavy atom. The number of aliphatic imine (C=N–C) groups is 1. The molecule has 0 saturated carbocycles. The van der Waals surface area contributed by atoms with Gasteiger partial charge in [-0.15, -0.1) is 21.5 Å². The van der Waals surface area contributed by atoms with Crippen molar-refractivity contribution < 1.29 is 5.11 Å².